The number of hydrogen-bond acceptors (Lipinski definition) is 10. The van der Waals surface area contributed by atoms with Gasteiger partial charge < -0.3 is 45.1 Å². The first-order valence-electron chi connectivity index (χ1n) is 12.8. The molecular weight excluding hydrogens is 482 g/mol. The van der Waals surface area contributed by atoms with Crippen LogP contribution >= 0.6 is 0 Å². The van der Waals surface area contributed by atoms with Gasteiger partial charge in [0.05, 0.1) is 19.8 Å². The van der Waals surface area contributed by atoms with Gasteiger partial charge in [0.25, 0.3) is 0 Å². The summed E-state index contributed by atoms with van der Waals surface area (Å²) < 4.78 is 17.3. The molecule has 0 unspecified atom stereocenters. The van der Waals surface area contributed by atoms with Crippen LogP contribution in [0.15, 0.2) is 18.2 Å². The van der Waals surface area contributed by atoms with E-state index in [9.17, 15) is 20.4 Å². The molecule has 1 saturated heterocycles. The molecule has 0 aliphatic carbocycles. The molecule has 6 atom stereocenters. The average molecular weight is 524 g/mol. The van der Waals surface area contributed by atoms with E-state index in [1.807, 2.05) is 45.9 Å². The summed E-state index contributed by atoms with van der Waals surface area (Å²) >= 11 is 0. The standard InChI is InChI=1S/C26H41N3O8/c1-14(2)21-19(25(29-28-21)37-26-24(34)23(33)22(32)20(13-31)36-26)11-17-6-7-18(10-15(17)3)35-9-5-8-27-16(4)12-30/h6-7,10,14,16,20,22-24,26-27,30-34H,5,8-9,11-13H2,1-4H3,(H,28,29)/t16-,20+,22-,23-,24+,26-/m0/s1. The largest absolute Gasteiger partial charge is 0.494 e. The lowest BCUT2D eigenvalue weighted by Gasteiger charge is -2.39. The summed E-state index contributed by atoms with van der Waals surface area (Å²) in [5, 5.41) is 59.6. The first-order chi connectivity index (χ1) is 17.7. The Bertz CT molecular complexity index is 983. The summed E-state index contributed by atoms with van der Waals surface area (Å²) in [7, 11) is 0. The summed E-state index contributed by atoms with van der Waals surface area (Å²) in [6.45, 7) is 8.85. The maximum absolute atomic E-state index is 10.4. The number of rotatable bonds is 13. The van der Waals surface area contributed by atoms with E-state index in [0.717, 1.165) is 41.1 Å². The maximum Gasteiger partial charge on any atom is 0.238 e. The van der Waals surface area contributed by atoms with Gasteiger partial charge in [0.1, 0.15) is 30.2 Å². The Hall–Kier alpha value is -2.25. The van der Waals surface area contributed by atoms with Gasteiger partial charge >= 0.3 is 0 Å². The van der Waals surface area contributed by atoms with Crippen molar-refractivity contribution in [1.82, 2.24) is 15.5 Å². The molecule has 0 spiro atoms. The van der Waals surface area contributed by atoms with E-state index in [-0.39, 0.29) is 24.4 Å². The molecule has 1 aliphatic rings. The normalized spacial score (nSPS) is 24.9. The van der Waals surface area contributed by atoms with Crippen molar-refractivity contribution in [2.24, 2.45) is 0 Å². The first-order valence-corrected chi connectivity index (χ1v) is 12.8. The lowest BCUT2D eigenvalue weighted by atomic mass is 9.96. The second kappa shape index (κ2) is 13.5. The number of nitrogens with zero attached hydrogens (tertiary/aromatic N) is 1. The Labute approximate surface area is 217 Å². The molecule has 11 heteroatoms. The molecule has 0 bridgehead atoms. The van der Waals surface area contributed by atoms with E-state index in [0.29, 0.717) is 13.0 Å². The van der Waals surface area contributed by atoms with Crippen molar-refractivity contribution in [3.63, 3.8) is 0 Å². The molecule has 11 nitrogen and oxygen atoms in total. The van der Waals surface area contributed by atoms with Crippen molar-refractivity contribution in [1.29, 1.82) is 0 Å². The van der Waals surface area contributed by atoms with Crippen molar-refractivity contribution < 1.29 is 39.7 Å². The van der Waals surface area contributed by atoms with Crippen LogP contribution in [0.1, 0.15) is 55.5 Å². The van der Waals surface area contributed by atoms with Crippen LogP contribution in [0.25, 0.3) is 0 Å². The van der Waals surface area contributed by atoms with E-state index >= 15 is 0 Å². The Balaban J connectivity index is 1.70. The minimum Gasteiger partial charge on any atom is -0.494 e. The van der Waals surface area contributed by atoms with E-state index in [1.165, 1.54) is 0 Å². The highest BCUT2D eigenvalue weighted by Crippen LogP contribution is 2.32. The van der Waals surface area contributed by atoms with Gasteiger partial charge in [-0.05, 0) is 56.0 Å². The van der Waals surface area contributed by atoms with Crippen molar-refractivity contribution in [2.75, 3.05) is 26.4 Å². The molecule has 0 saturated carbocycles. The summed E-state index contributed by atoms with van der Waals surface area (Å²) in [6.07, 6.45) is -5.60. The van der Waals surface area contributed by atoms with Crippen LogP contribution < -0.4 is 14.8 Å². The van der Waals surface area contributed by atoms with Crippen molar-refractivity contribution in [3.05, 3.63) is 40.6 Å². The first kappa shape index (κ1) is 29.3. The Morgan fingerprint density at radius 3 is 2.51 bits per heavy atom. The molecule has 208 valence electrons. The monoisotopic (exact) mass is 523 g/mol. The SMILES string of the molecule is Cc1cc(OCCCN[C@@H](C)CO)ccc1Cc1c(O[C@@H]2O[C@H](CO)[C@H](O)[C@H](O)[C@H]2O)n[nH]c1C(C)C. The molecule has 1 aliphatic heterocycles. The number of ether oxygens (including phenoxy) is 3. The number of benzene rings is 1. The van der Waals surface area contributed by atoms with Crippen LogP contribution in [0.4, 0.5) is 0 Å². The predicted octanol–water partition coefficient (Wildman–Crippen LogP) is 0.350. The number of aryl methyl sites for hydroxylation is 1. The number of nitrogens with one attached hydrogen (secondary N) is 2. The average Bonchev–Trinajstić information content (AvgIpc) is 3.27. The topological polar surface area (TPSA) is 170 Å². The third kappa shape index (κ3) is 7.41. The number of hydrogen-bond donors (Lipinski definition) is 7. The summed E-state index contributed by atoms with van der Waals surface area (Å²) in [5.41, 5.74) is 3.71. The van der Waals surface area contributed by atoms with Crippen LogP contribution in [-0.4, -0.2) is 98.8 Å². The van der Waals surface area contributed by atoms with Crippen molar-refractivity contribution in [2.45, 2.75) is 83.2 Å². The molecule has 0 radical (unpaired) electrons. The summed E-state index contributed by atoms with van der Waals surface area (Å²) in [6, 6.07) is 5.95. The van der Waals surface area contributed by atoms with Gasteiger partial charge in [-0.15, -0.1) is 5.10 Å². The quantitative estimate of drug-likeness (QED) is 0.182. The van der Waals surface area contributed by atoms with Crippen LogP contribution in [0.3, 0.4) is 0 Å². The van der Waals surface area contributed by atoms with Crippen LogP contribution in [0.5, 0.6) is 11.6 Å². The van der Waals surface area contributed by atoms with Crippen molar-refractivity contribution >= 4 is 0 Å². The molecule has 2 heterocycles. The van der Waals surface area contributed by atoms with Crippen LogP contribution in [0.2, 0.25) is 0 Å². The highest BCUT2D eigenvalue weighted by molar-refractivity contribution is 5.42. The molecule has 1 fully saturated rings. The maximum atomic E-state index is 10.4. The number of H-pyrrole nitrogens is 1. The summed E-state index contributed by atoms with van der Waals surface area (Å²) in [5.74, 6) is 1.10. The van der Waals surface area contributed by atoms with Gasteiger partial charge in [-0.3, -0.25) is 5.10 Å². The second-order valence-corrected chi connectivity index (χ2v) is 9.90. The fraction of sp³-hybridized carbons (Fsp3) is 0.654. The zero-order chi connectivity index (χ0) is 27.1. The van der Waals surface area contributed by atoms with Gasteiger partial charge in [0, 0.05) is 23.7 Å². The number of aromatic nitrogens is 2. The number of aliphatic hydroxyl groups excluding tert-OH is 5. The van der Waals surface area contributed by atoms with E-state index in [2.05, 4.69) is 15.5 Å². The lowest BCUT2D eigenvalue weighted by molar-refractivity contribution is -0.278. The zero-order valence-corrected chi connectivity index (χ0v) is 21.9. The Morgan fingerprint density at radius 2 is 1.86 bits per heavy atom. The minimum atomic E-state index is -1.54. The Kier molecular flexibility index (Phi) is 10.7. The predicted molar refractivity (Wildman–Crippen MR) is 136 cm³/mol. The third-order valence-corrected chi connectivity index (χ3v) is 6.55. The second-order valence-electron chi connectivity index (χ2n) is 9.90. The molecule has 1 aromatic heterocycles. The van der Waals surface area contributed by atoms with Gasteiger partial charge in [0.15, 0.2) is 0 Å². The van der Waals surface area contributed by atoms with Crippen molar-refractivity contribution in [3.8, 4) is 11.6 Å². The molecule has 2 aromatic rings. The third-order valence-electron chi connectivity index (χ3n) is 6.55. The molecule has 1 aromatic carbocycles. The number of aromatic amines is 1. The zero-order valence-electron chi connectivity index (χ0n) is 21.9. The lowest BCUT2D eigenvalue weighted by Crippen LogP contribution is -2.60. The minimum absolute atomic E-state index is 0.0646. The van der Waals surface area contributed by atoms with Gasteiger partial charge in [-0.2, -0.15) is 0 Å². The fourth-order valence-electron chi connectivity index (χ4n) is 4.20. The summed E-state index contributed by atoms with van der Waals surface area (Å²) in [4.78, 5) is 0. The van der Waals surface area contributed by atoms with Crippen LogP contribution in [-0.2, 0) is 11.2 Å². The highest BCUT2D eigenvalue weighted by Gasteiger charge is 2.45. The van der Waals surface area contributed by atoms with Gasteiger partial charge in [0.2, 0.25) is 12.2 Å². The van der Waals surface area contributed by atoms with E-state index in [1.54, 1.807) is 0 Å². The highest BCUT2D eigenvalue weighted by atomic mass is 16.7. The molecule has 37 heavy (non-hydrogen) atoms. The molecule has 7 N–H and O–H groups in total. The van der Waals surface area contributed by atoms with Crippen LogP contribution in [0, 0.1) is 6.92 Å². The van der Waals surface area contributed by atoms with Gasteiger partial charge in [-0.1, -0.05) is 19.9 Å². The Morgan fingerprint density at radius 1 is 1.11 bits per heavy atom. The van der Waals surface area contributed by atoms with E-state index in [4.69, 9.17) is 19.3 Å². The molecule has 0 amide bonds. The van der Waals surface area contributed by atoms with Gasteiger partial charge in [-0.25, -0.2) is 0 Å². The fourth-order valence-corrected chi connectivity index (χ4v) is 4.20. The smallest absolute Gasteiger partial charge is 0.238 e. The number of aliphatic hydroxyl groups is 5. The molecule has 3 rings (SSSR count). The molecular formula is C26H41N3O8. The van der Waals surface area contributed by atoms with E-state index < -0.39 is 37.3 Å².